The number of hydrogen-bond acceptors (Lipinski definition) is 3. The Hall–Kier alpha value is -0.380. The average Bonchev–Trinajstić information content (AvgIpc) is 2.90. The smallest absolute Gasteiger partial charge is 0.0655 e. The standard InChI is InChI=1S/C16H27NOS/c1-5-8-12(13-9-7-10-19-13)17-14-11-15(18-6-2)16(14,3)4/h7,9-10,12,14-15,17H,5-6,8,11H2,1-4H3. The van der Waals surface area contributed by atoms with Crippen LogP contribution in [-0.2, 0) is 4.74 Å². The van der Waals surface area contributed by atoms with Gasteiger partial charge in [-0.05, 0) is 31.2 Å². The summed E-state index contributed by atoms with van der Waals surface area (Å²) in [6.07, 6.45) is 4.00. The fourth-order valence-corrected chi connectivity index (χ4v) is 3.80. The van der Waals surface area contributed by atoms with Gasteiger partial charge in [0, 0.05) is 29.0 Å². The molecule has 1 fully saturated rings. The van der Waals surface area contributed by atoms with Gasteiger partial charge >= 0.3 is 0 Å². The number of nitrogens with one attached hydrogen (secondary N) is 1. The molecule has 3 heteroatoms. The van der Waals surface area contributed by atoms with Crippen molar-refractivity contribution in [1.82, 2.24) is 5.32 Å². The molecule has 0 aromatic carbocycles. The molecule has 3 atom stereocenters. The predicted octanol–water partition coefficient (Wildman–Crippen LogP) is 4.38. The second kappa shape index (κ2) is 6.38. The van der Waals surface area contributed by atoms with Gasteiger partial charge in [0.05, 0.1) is 6.10 Å². The molecule has 1 saturated carbocycles. The highest BCUT2D eigenvalue weighted by atomic mass is 32.1. The lowest BCUT2D eigenvalue weighted by atomic mass is 9.64. The summed E-state index contributed by atoms with van der Waals surface area (Å²) in [7, 11) is 0. The Morgan fingerprint density at radius 1 is 1.47 bits per heavy atom. The normalized spacial score (nSPS) is 26.9. The average molecular weight is 281 g/mol. The molecule has 0 spiro atoms. The monoisotopic (exact) mass is 281 g/mol. The molecule has 0 aliphatic heterocycles. The van der Waals surface area contributed by atoms with Crippen LogP contribution in [0, 0.1) is 5.41 Å². The van der Waals surface area contributed by atoms with Gasteiger partial charge in [-0.1, -0.05) is 33.3 Å². The van der Waals surface area contributed by atoms with E-state index >= 15 is 0 Å². The van der Waals surface area contributed by atoms with E-state index in [4.69, 9.17) is 4.74 Å². The van der Waals surface area contributed by atoms with E-state index in [-0.39, 0.29) is 5.41 Å². The molecule has 1 aromatic rings. The first kappa shape index (κ1) is 15.0. The quantitative estimate of drug-likeness (QED) is 0.800. The first-order valence-corrected chi connectivity index (χ1v) is 8.38. The van der Waals surface area contributed by atoms with E-state index in [0.717, 1.165) is 13.0 Å². The van der Waals surface area contributed by atoms with Gasteiger partial charge in [0.15, 0.2) is 0 Å². The van der Waals surface area contributed by atoms with E-state index in [1.54, 1.807) is 0 Å². The first-order chi connectivity index (χ1) is 9.09. The summed E-state index contributed by atoms with van der Waals surface area (Å²) in [5, 5.41) is 6.04. The van der Waals surface area contributed by atoms with Crippen molar-refractivity contribution in [2.75, 3.05) is 6.61 Å². The van der Waals surface area contributed by atoms with Crippen LogP contribution in [0.3, 0.4) is 0 Å². The lowest BCUT2D eigenvalue weighted by Gasteiger charge is -2.53. The maximum atomic E-state index is 5.82. The molecule has 0 amide bonds. The number of ether oxygens (including phenoxy) is 1. The molecule has 1 aliphatic rings. The van der Waals surface area contributed by atoms with Gasteiger partial charge in [0.1, 0.15) is 0 Å². The SMILES string of the molecule is CCCC(NC1CC(OCC)C1(C)C)c1cccs1. The molecule has 1 N–H and O–H groups in total. The summed E-state index contributed by atoms with van der Waals surface area (Å²) in [6.45, 7) is 9.82. The van der Waals surface area contributed by atoms with Crippen LogP contribution in [0.1, 0.15) is 57.9 Å². The molecule has 1 aliphatic carbocycles. The lowest BCUT2D eigenvalue weighted by Crippen LogP contribution is -2.61. The number of hydrogen-bond donors (Lipinski definition) is 1. The minimum absolute atomic E-state index is 0.249. The third-order valence-electron chi connectivity index (χ3n) is 4.41. The highest BCUT2D eigenvalue weighted by molar-refractivity contribution is 7.10. The summed E-state index contributed by atoms with van der Waals surface area (Å²) in [6, 6.07) is 5.49. The fraction of sp³-hybridized carbons (Fsp3) is 0.750. The second-order valence-electron chi connectivity index (χ2n) is 6.08. The van der Waals surface area contributed by atoms with E-state index in [1.807, 2.05) is 11.3 Å². The Morgan fingerprint density at radius 3 is 2.79 bits per heavy atom. The van der Waals surface area contributed by atoms with Crippen molar-refractivity contribution >= 4 is 11.3 Å². The Labute approximate surface area is 121 Å². The Balaban J connectivity index is 1.96. The second-order valence-corrected chi connectivity index (χ2v) is 7.06. The summed E-state index contributed by atoms with van der Waals surface area (Å²) >= 11 is 1.86. The molecule has 3 unspecified atom stereocenters. The van der Waals surface area contributed by atoms with Crippen LogP contribution in [0.5, 0.6) is 0 Å². The van der Waals surface area contributed by atoms with E-state index in [1.165, 1.54) is 17.7 Å². The number of rotatable bonds is 7. The zero-order chi connectivity index (χ0) is 13.9. The molecule has 1 heterocycles. The Kier molecular flexibility index (Phi) is 5.04. The van der Waals surface area contributed by atoms with Gasteiger partial charge in [0.2, 0.25) is 0 Å². The largest absolute Gasteiger partial charge is 0.378 e. The van der Waals surface area contributed by atoms with Crippen LogP contribution in [0.15, 0.2) is 17.5 Å². The van der Waals surface area contributed by atoms with Gasteiger partial charge in [0.25, 0.3) is 0 Å². The fourth-order valence-electron chi connectivity index (χ4n) is 2.98. The van der Waals surface area contributed by atoms with Gasteiger partial charge in [-0.25, -0.2) is 0 Å². The third-order valence-corrected chi connectivity index (χ3v) is 5.40. The Bertz CT molecular complexity index is 374. The maximum absolute atomic E-state index is 5.82. The van der Waals surface area contributed by atoms with Gasteiger partial charge in [-0.2, -0.15) is 0 Å². The van der Waals surface area contributed by atoms with Gasteiger partial charge in [-0.15, -0.1) is 11.3 Å². The molecule has 2 rings (SSSR count). The molecular weight excluding hydrogens is 254 g/mol. The van der Waals surface area contributed by atoms with Gasteiger partial charge < -0.3 is 10.1 Å². The summed E-state index contributed by atoms with van der Waals surface area (Å²) in [4.78, 5) is 1.47. The summed E-state index contributed by atoms with van der Waals surface area (Å²) in [5.74, 6) is 0. The minimum Gasteiger partial charge on any atom is -0.378 e. The van der Waals surface area contributed by atoms with Crippen LogP contribution in [0.2, 0.25) is 0 Å². The molecule has 2 nitrogen and oxygen atoms in total. The first-order valence-electron chi connectivity index (χ1n) is 7.50. The van der Waals surface area contributed by atoms with Crippen LogP contribution >= 0.6 is 11.3 Å². The summed E-state index contributed by atoms with van der Waals surface area (Å²) < 4.78 is 5.82. The molecular formula is C16H27NOS. The zero-order valence-electron chi connectivity index (χ0n) is 12.6. The molecule has 0 bridgehead atoms. The number of thiophene rings is 1. The van der Waals surface area contributed by atoms with E-state index < -0.39 is 0 Å². The van der Waals surface area contributed by atoms with Crippen LogP contribution < -0.4 is 5.32 Å². The third kappa shape index (κ3) is 3.21. The topological polar surface area (TPSA) is 21.3 Å². The zero-order valence-corrected chi connectivity index (χ0v) is 13.4. The molecule has 1 aromatic heterocycles. The Morgan fingerprint density at radius 2 is 2.26 bits per heavy atom. The van der Waals surface area contributed by atoms with Crippen molar-refractivity contribution in [2.24, 2.45) is 5.41 Å². The van der Waals surface area contributed by atoms with Crippen molar-refractivity contribution in [3.63, 3.8) is 0 Å². The van der Waals surface area contributed by atoms with Crippen molar-refractivity contribution in [1.29, 1.82) is 0 Å². The van der Waals surface area contributed by atoms with E-state index in [9.17, 15) is 0 Å². The van der Waals surface area contributed by atoms with Crippen LogP contribution in [-0.4, -0.2) is 18.8 Å². The van der Waals surface area contributed by atoms with E-state index in [0.29, 0.717) is 18.2 Å². The lowest BCUT2D eigenvalue weighted by molar-refractivity contribution is -0.116. The van der Waals surface area contributed by atoms with Crippen molar-refractivity contribution < 1.29 is 4.74 Å². The van der Waals surface area contributed by atoms with Gasteiger partial charge in [-0.3, -0.25) is 0 Å². The summed E-state index contributed by atoms with van der Waals surface area (Å²) in [5.41, 5.74) is 0.249. The van der Waals surface area contributed by atoms with Crippen LogP contribution in [0.25, 0.3) is 0 Å². The molecule has 19 heavy (non-hydrogen) atoms. The van der Waals surface area contributed by atoms with Crippen LogP contribution in [0.4, 0.5) is 0 Å². The molecule has 108 valence electrons. The highest BCUT2D eigenvalue weighted by Crippen LogP contribution is 2.44. The predicted molar refractivity (Wildman–Crippen MR) is 82.7 cm³/mol. The van der Waals surface area contributed by atoms with Crippen molar-refractivity contribution in [3.8, 4) is 0 Å². The highest BCUT2D eigenvalue weighted by Gasteiger charge is 2.49. The minimum atomic E-state index is 0.249. The molecule has 0 radical (unpaired) electrons. The molecule has 0 saturated heterocycles. The maximum Gasteiger partial charge on any atom is 0.0655 e. The van der Waals surface area contributed by atoms with Crippen molar-refractivity contribution in [3.05, 3.63) is 22.4 Å². The van der Waals surface area contributed by atoms with Crippen molar-refractivity contribution in [2.45, 2.75) is 65.1 Å². The van der Waals surface area contributed by atoms with E-state index in [2.05, 4.69) is 50.5 Å².